The summed E-state index contributed by atoms with van der Waals surface area (Å²) in [6.07, 6.45) is 3.86. The molecule has 108 valence electrons. The molecule has 0 radical (unpaired) electrons. The summed E-state index contributed by atoms with van der Waals surface area (Å²) >= 11 is 1.69. The van der Waals surface area contributed by atoms with Crippen molar-refractivity contribution in [3.8, 4) is 5.75 Å². The van der Waals surface area contributed by atoms with E-state index in [0.717, 1.165) is 24.2 Å². The van der Waals surface area contributed by atoms with Gasteiger partial charge in [-0.15, -0.1) is 11.3 Å². The predicted octanol–water partition coefficient (Wildman–Crippen LogP) is 4.94. The standard InChI is InChI=1S/C17H22O2S/c1-2-3-4-10-17(18)14-7-5-8-15(12-14)19-13-16-9-6-11-20-16/h5-9,11-12,17-18H,2-4,10,13H2,1H3. The van der Waals surface area contributed by atoms with Crippen LogP contribution in [0.15, 0.2) is 41.8 Å². The van der Waals surface area contributed by atoms with Crippen molar-refractivity contribution in [3.05, 3.63) is 52.2 Å². The van der Waals surface area contributed by atoms with Gasteiger partial charge in [-0.1, -0.05) is 44.4 Å². The highest BCUT2D eigenvalue weighted by Crippen LogP contribution is 2.24. The zero-order valence-electron chi connectivity index (χ0n) is 11.9. The van der Waals surface area contributed by atoms with Crippen LogP contribution in [0.5, 0.6) is 5.75 Å². The molecule has 2 aromatic rings. The van der Waals surface area contributed by atoms with E-state index in [9.17, 15) is 5.11 Å². The van der Waals surface area contributed by atoms with Gasteiger partial charge in [0.2, 0.25) is 0 Å². The molecular weight excluding hydrogens is 268 g/mol. The molecule has 1 unspecified atom stereocenters. The zero-order chi connectivity index (χ0) is 14.2. The fraction of sp³-hybridized carbons (Fsp3) is 0.412. The lowest BCUT2D eigenvalue weighted by atomic mass is 10.0. The van der Waals surface area contributed by atoms with Gasteiger partial charge in [-0.25, -0.2) is 0 Å². The van der Waals surface area contributed by atoms with Crippen LogP contribution in [0.25, 0.3) is 0 Å². The van der Waals surface area contributed by atoms with Crippen LogP contribution < -0.4 is 4.74 Å². The van der Waals surface area contributed by atoms with E-state index in [2.05, 4.69) is 13.0 Å². The summed E-state index contributed by atoms with van der Waals surface area (Å²) in [4.78, 5) is 1.21. The maximum Gasteiger partial charge on any atom is 0.122 e. The number of hydrogen-bond donors (Lipinski definition) is 1. The van der Waals surface area contributed by atoms with E-state index in [1.165, 1.54) is 17.7 Å². The maximum absolute atomic E-state index is 10.2. The molecular formula is C17H22O2S. The number of benzene rings is 1. The molecule has 0 aliphatic carbocycles. The molecule has 0 saturated heterocycles. The number of rotatable bonds is 8. The first-order valence-corrected chi connectivity index (χ1v) is 8.10. The van der Waals surface area contributed by atoms with Crippen molar-refractivity contribution < 1.29 is 9.84 Å². The lowest BCUT2D eigenvalue weighted by Crippen LogP contribution is -1.99. The minimum absolute atomic E-state index is 0.383. The lowest BCUT2D eigenvalue weighted by molar-refractivity contribution is 0.163. The van der Waals surface area contributed by atoms with Crippen LogP contribution in [-0.2, 0) is 6.61 Å². The molecule has 0 fully saturated rings. The highest BCUT2D eigenvalue weighted by molar-refractivity contribution is 7.09. The van der Waals surface area contributed by atoms with Crippen LogP contribution in [-0.4, -0.2) is 5.11 Å². The molecule has 1 N–H and O–H groups in total. The highest BCUT2D eigenvalue weighted by atomic mass is 32.1. The molecule has 1 atom stereocenters. The van der Waals surface area contributed by atoms with E-state index in [0.29, 0.717) is 6.61 Å². The molecule has 1 aromatic heterocycles. The lowest BCUT2D eigenvalue weighted by Gasteiger charge is -2.12. The maximum atomic E-state index is 10.2. The largest absolute Gasteiger partial charge is 0.488 e. The van der Waals surface area contributed by atoms with E-state index in [-0.39, 0.29) is 6.10 Å². The van der Waals surface area contributed by atoms with E-state index in [1.54, 1.807) is 11.3 Å². The van der Waals surface area contributed by atoms with Gasteiger partial charge in [-0.3, -0.25) is 0 Å². The predicted molar refractivity (Wildman–Crippen MR) is 84.2 cm³/mol. The van der Waals surface area contributed by atoms with Gasteiger partial charge >= 0.3 is 0 Å². The molecule has 1 aromatic carbocycles. The van der Waals surface area contributed by atoms with Crippen LogP contribution in [0.2, 0.25) is 0 Å². The summed E-state index contributed by atoms with van der Waals surface area (Å²) in [6, 6.07) is 11.9. The van der Waals surface area contributed by atoms with Crippen LogP contribution >= 0.6 is 11.3 Å². The molecule has 20 heavy (non-hydrogen) atoms. The average molecular weight is 290 g/mol. The molecule has 0 amide bonds. The third kappa shape index (κ3) is 4.66. The summed E-state index contributed by atoms with van der Waals surface area (Å²) in [7, 11) is 0. The van der Waals surface area contributed by atoms with Crippen LogP contribution in [0.3, 0.4) is 0 Å². The van der Waals surface area contributed by atoms with Crippen molar-refractivity contribution in [1.82, 2.24) is 0 Å². The Hall–Kier alpha value is -1.32. The van der Waals surface area contributed by atoms with Gasteiger partial charge in [0.05, 0.1) is 6.10 Å². The fourth-order valence-corrected chi connectivity index (χ4v) is 2.73. The Balaban J connectivity index is 1.89. The molecule has 1 heterocycles. The second-order valence-electron chi connectivity index (χ2n) is 4.95. The van der Waals surface area contributed by atoms with Crippen LogP contribution in [0, 0.1) is 0 Å². The van der Waals surface area contributed by atoms with Gasteiger partial charge in [0.15, 0.2) is 0 Å². The molecule has 0 saturated carbocycles. The highest BCUT2D eigenvalue weighted by Gasteiger charge is 2.08. The molecule has 0 aliphatic heterocycles. The van der Waals surface area contributed by atoms with Gasteiger partial charge in [0.25, 0.3) is 0 Å². The number of aliphatic hydroxyl groups excluding tert-OH is 1. The summed E-state index contributed by atoms with van der Waals surface area (Å²) in [6.45, 7) is 2.76. The molecule has 2 nitrogen and oxygen atoms in total. The van der Waals surface area contributed by atoms with Gasteiger partial charge in [0, 0.05) is 4.88 Å². The molecule has 0 bridgehead atoms. The van der Waals surface area contributed by atoms with E-state index in [1.807, 2.05) is 35.7 Å². The Labute approximate surface area is 125 Å². The first-order valence-electron chi connectivity index (χ1n) is 7.23. The Morgan fingerprint density at radius 1 is 1.20 bits per heavy atom. The summed E-state index contributed by atoms with van der Waals surface area (Å²) < 4.78 is 5.77. The third-order valence-electron chi connectivity index (χ3n) is 3.29. The molecule has 2 rings (SSSR count). The number of unbranched alkanes of at least 4 members (excludes halogenated alkanes) is 2. The van der Waals surface area contributed by atoms with Crippen molar-refractivity contribution in [3.63, 3.8) is 0 Å². The van der Waals surface area contributed by atoms with E-state index < -0.39 is 0 Å². The van der Waals surface area contributed by atoms with Crippen molar-refractivity contribution in [2.45, 2.75) is 45.3 Å². The summed E-state index contributed by atoms with van der Waals surface area (Å²) in [5.74, 6) is 0.824. The fourth-order valence-electron chi connectivity index (χ4n) is 2.12. The van der Waals surface area contributed by atoms with Crippen LogP contribution in [0.4, 0.5) is 0 Å². The number of ether oxygens (including phenoxy) is 1. The summed E-state index contributed by atoms with van der Waals surface area (Å²) in [5.41, 5.74) is 0.949. The van der Waals surface area contributed by atoms with Crippen molar-refractivity contribution in [1.29, 1.82) is 0 Å². The molecule has 3 heteroatoms. The van der Waals surface area contributed by atoms with Crippen molar-refractivity contribution >= 4 is 11.3 Å². The second kappa shape index (κ2) is 8.08. The number of aliphatic hydroxyl groups is 1. The molecule has 0 spiro atoms. The Morgan fingerprint density at radius 3 is 2.85 bits per heavy atom. The summed E-state index contributed by atoms with van der Waals surface area (Å²) in [5, 5.41) is 12.2. The molecule has 0 aliphatic rings. The van der Waals surface area contributed by atoms with E-state index in [4.69, 9.17) is 4.74 Å². The third-order valence-corrected chi connectivity index (χ3v) is 4.14. The number of hydrogen-bond acceptors (Lipinski definition) is 3. The van der Waals surface area contributed by atoms with Gasteiger partial charge in [-0.2, -0.15) is 0 Å². The quantitative estimate of drug-likeness (QED) is 0.698. The van der Waals surface area contributed by atoms with Gasteiger partial charge < -0.3 is 9.84 Å². The van der Waals surface area contributed by atoms with Crippen molar-refractivity contribution in [2.75, 3.05) is 0 Å². The van der Waals surface area contributed by atoms with Crippen molar-refractivity contribution in [2.24, 2.45) is 0 Å². The second-order valence-corrected chi connectivity index (χ2v) is 5.98. The van der Waals surface area contributed by atoms with Gasteiger partial charge in [0.1, 0.15) is 12.4 Å². The van der Waals surface area contributed by atoms with E-state index >= 15 is 0 Å². The zero-order valence-corrected chi connectivity index (χ0v) is 12.7. The SMILES string of the molecule is CCCCCC(O)c1cccc(OCc2cccs2)c1. The Kier molecular flexibility index (Phi) is 6.09. The Morgan fingerprint density at radius 2 is 2.10 bits per heavy atom. The topological polar surface area (TPSA) is 29.5 Å². The number of thiophene rings is 1. The Bertz CT molecular complexity index is 493. The monoisotopic (exact) mass is 290 g/mol. The minimum atomic E-state index is -0.383. The van der Waals surface area contributed by atoms with Gasteiger partial charge in [-0.05, 0) is 35.6 Å². The minimum Gasteiger partial charge on any atom is -0.488 e. The first kappa shape index (κ1) is 15.1. The normalized spacial score (nSPS) is 12.3. The first-order chi connectivity index (χ1) is 9.79. The average Bonchev–Trinajstić information content (AvgIpc) is 2.99. The smallest absolute Gasteiger partial charge is 0.122 e. The van der Waals surface area contributed by atoms with Crippen LogP contribution in [0.1, 0.15) is 49.2 Å².